The Kier molecular flexibility index (Phi) is 3.23. The van der Waals surface area contributed by atoms with Crippen LogP contribution in [0.4, 0.5) is 0 Å². The Balaban J connectivity index is 2.07. The van der Waals surface area contributed by atoms with E-state index in [2.05, 4.69) is 5.32 Å². The minimum atomic E-state index is -1.04. The van der Waals surface area contributed by atoms with E-state index in [1.165, 1.54) is 6.07 Å². The van der Waals surface area contributed by atoms with E-state index >= 15 is 0 Å². The molecule has 5 nitrogen and oxygen atoms in total. The van der Waals surface area contributed by atoms with Gasteiger partial charge in [-0.3, -0.25) is 14.9 Å². The summed E-state index contributed by atoms with van der Waals surface area (Å²) in [7, 11) is 0. The second-order valence-electron chi connectivity index (χ2n) is 4.37. The molecule has 21 heavy (non-hydrogen) atoms. The largest absolute Gasteiger partial charge is 0.478 e. The minimum absolute atomic E-state index is 0.157. The maximum atomic E-state index is 11.8. The summed E-state index contributed by atoms with van der Waals surface area (Å²) in [5.41, 5.74) is 0.773. The molecule has 0 radical (unpaired) electrons. The number of amides is 2. The summed E-state index contributed by atoms with van der Waals surface area (Å²) >= 11 is 1.16. The summed E-state index contributed by atoms with van der Waals surface area (Å²) < 4.78 is 0. The fraction of sp³-hybridized carbons (Fsp3) is 0. The van der Waals surface area contributed by atoms with E-state index in [0.29, 0.717) is 20.9 Å². The number of nitrogens with one attached hydrogen (secondary N) is 1. The first-order chi connectivity index (χ1) is 10.1. The molecule has 2 amide bonds. The molecule has 0 atom stereocenters. The molecule has 0 fully saturated rings. The van der Waals surface area contributed by atoms with Crippen molar-refractivity contribution in [2.24, 2.45) is 0 Å². The first-order valence-electron chi connectivity index (χ1n) is 6.07. The molecule has 2 aromatic carbocycles. The molecule has 1 aliphatic rings. The standard InChI is InChI=1S/C15H9NO4S/c17-13-9-5-3-7-11(12(9)14(18)16-13)21-10-6-2-1-4-8(10)15(19)20/h1-7H,(H,19,20)(H,16,17,18). The van der Waals surface area contributed by atoms with E-state index in [1.807, 2.05) is 0 Å². The lowest BCUT2D eigenvalue weighted by molar-refractivity contribution is 0.0692. The number of hydrogen-bond acceptors (Lipinski definition) is 4. The SMILES string of the molecule is O=C(O)c1ccccc1Sc1cccc2c1C(=O)NC2=O. The molecule has 1 aliphatic heterocycles. The Morgan fingerprint density at radius 2 is 1.67 bits per heavy atom. The van der Waals surface area contributed by atoms with E-state index in [1.54, 1.807) is 36.4 Å². The van der Waals surface area contributed by atoms with Gasteiger partial charge in [0.2, 0.25) is 0 Å². The van der Waals surface area contributed by atoms with E-state index in [-0.39, 0.29) is 5.56 Å². The van der Waals surface area contributed by atoms with Crippen molar-refractivity contribution < 1.29 is 19.5 Å². The van der Waals surface area contributed by atoms with Gasteiger partial charge in [-0.15, -0.1) is 0 Å². The molecule has 0 unspecified atom stereocenters. The molecule has 0 saturated carbocycles. The second-order valence-corrected chi connectivity index (χ2v) is 5.45. The third kappa shape index (κ3) is 2.30. The molecule has 2 N–H and O–H groups in total. The smallest absolute Gasteiger partial charge is 0.336 e. The number of hydrogen-bond donors (Lipinski definition) is 2. The van der Waals surface area contributed by atoms with Gasteiger partial charge >= 0.3 is 5.97 Å². The highest BCUT2D eigenvalue weighted by Crippen LogP contribution is 2.35. The number of benzene rings is 2. The fourth-order valence-corrected chi connectivity index (χ4v) is 3.22. The van der Waals surface area contributed by atoms with E-state index in [4.69, 9.17) is 0 Å². The van der Waals surface area contributed by atoms with Crippen LogP contribution in [0.15, 0.2) is 52.3 Å². The zero-order valence-electron chi connectivity index (χ0n) is 10.6. The second kappa shape index (κ2) is 5.06. The summed E-state index contributed by atoms with van der Waals surface area (Å²) in [6.07, 6.45) is 0. The lowest BCUT2D eigenvalue weighted by atomic mass is 10.1. The molecule has 0 aromatic heterocycles. The zero-order valence-corrected chi connectivity index (χ0v) is 11.4. The number of fused-ring (bicyclic) bond motifs is 1. The van der Waals surface area contributed by atoms with E-state index in [0.717, 1.165) is 11.8 Å². The van der Waals surface area contributed by atoms with Crippen LogP contribution in [0, 0.1) is 0 Å². The van der Waals surface area contributed by atoms with Crippen LogP contribution in [0.25, 0.3) is 0 Å². The maximum absolute atomic E-state index is 11.8. The van der Waals surface area contributed by atoms with Gasteiger partial charge in [0.25, 0.3) is 11.8 Å². The molecule has 0 aliphatic carbocycles. The molecule has 6 heteroatoms. The predicted molar refractivity (Wildman–Crippen MR) is 75.8 cm³/mol. The monoisotopic (exact) mass is 299 g/mol. The third-order valence-electron chi connectivity index (χ3n) is 3.06. The summed E-state index contributed by atoms with van der Waals surface area (Å²) in [6, 6.07) is 11.5. The number of carboxylic acid groups (broad SMARTS) is 1. The van der Waals surface area contributed by atoms with Crippen LogP contribution in [0.1, 0.15) is 31.1 Å². The summed E-state index contributed by atoms with van der Waals surface area (Å²) in [5.74, 6) is -1.92. The fourth-order valence-electron chi connectivity index (χ4n) is 2.12. The van der Waals surface area contributed by atoms with Crippen molar-refractivity contribution >= 4 is 29.5 Å². The van der Waals surface area contributed by atoms with Crippen molar-refractivity contribution in [3.8, 4) is 0 Å². The quantitative estimate of drug-likeness (QED) is 0.850. The average Bonchev–Trinajstić information content (AvgIpc) is 2.75. The number of aromatic carboxylic acids is 1. The van der Waals surface area contributed by atoms with Crippen LogP contribution in [0.5, 0.6) is 0 Å². The predicted octanol–water partition coefficient (Wildman–Crippen LogP) is 2.42. The molecule has 3 rings (SSSR count). The van der Waals surface area contributed by atoms with Crippen molar-refractivity contribution in [1.82, 2.24) is 5.32 Å². The lowest BCUT2D eigenvalue weighted by Crippen LogP contribution is -2.20. The number of imide groups is 1. The maximum Gasteiger partial charge on any atom is 0.336 e. The molecule has 0 bridgehead atoms. The number of carbonyl (C=O) groups is 3. The molecule has 2 aromatic rings. The van der Waals surface area contributed by atoms with Gasteiger partial charge in [0.1, 0.15) is 0 Å². The Bertz CT molecular complexity index is 785. The first kappa shape index (κ1) is 13.4. The van der Waals surface area contributed by atoms with Crippen molar-refractivity contribution in [2.45, 2.75) is 9.79 Å². The number of carbonyl (C=O) groups excluding carboxylic acids is 2. The van der Waals surface area contributed by atoms with Gasteiger partial charge in [-0.05, 0) is 24.3 Å². The van der Waals surface area contributed by atoms with Crippen molar-refractivity contribution in [1.29, 1.82) is 0 Å². The number of carboxylic acids is 1. The Morgan fingerprint density at radius 1 is 0.952 bits per heavy atom. The summed E-state index contributed by atoms with van der Waals surface area (Å²) in [5, 5.41) is 11.4. The molecule has 0 spiro atoms. The van der Waals surface area contributed by atoms with E-state index < -0.39 is 17.8 Å². The minimum Gasteiger partial charge on any atom is -0.478 e. The van der Waals surface area contributed by atoms with Gasteiger partial charge in [0.15, 0.2) is 0 Å². The van der Waals surface area contributed by atoms with Crippen molar-refractivity contribution in [3.05, 3.63) is 59.2 Å². The van der Waals surface area contributed by atoms with Gasteiger partial charge in [-0.25, -0.2) is 4.79 Å². The lowest BCUT2D eigenvalue weighted by Gasteiger charge is -2.08. The molecule has 104 valence electrons. The van der Waals surface area contributed by atoms with Gasteiger partial charge in [0.05, 0.1) is 16.7 Å². The average molecular weight is 299 g/mol. The topological polar surface area (TPSA) is 83.5 Å². The number of rotatable bonds is 3. The Morgan fingerprint density at radius 3 is 2.43 bits per heavy atom. The third-order valence-corrected chi connectivity index (χ3v) is 4.20. The van der Waals surface area contributed by atoms with Crippen LogP contribution >= 0.6 is 11.8 Å². The van der Waals surface area contributed by atoms with Crippen LogP contribution in [0.3, 0.4) is 0 Å². The van der Waals surface area contributed by atoms with Crippen LogP contribution in [0.2, 0.25) is 0 Å². The Labute approximate surface area is 124 Å². The van der Waals surface area contributed by atoms with Gasteiger partial charge in [0, 0.05) is 9.79 Å². The van der Waals surface area contributed by atoms with Crippen LogP contribution in [-0.2, 0) is 0 Å². The van der Waals surface area contributed by atoms with E-state index in [9.17, 15) is 19.5 Å². The van der Waals surface area contributed by atoms with Crippen LogP contribution in [-0.4, -0.2) is 22.9 Å². The Hall–Kier alpha value is -2.60. The molecule has 1 heterocycles. The zero-order chi connectivity index (χ0) is 15.0. The highest BCUT2D eigenvalue weighted by molar-refractivity contribution is 7.99. The first-order valence-corrected chi connectivity index (χ1v) is 6.88. The van der Waals surface area contributed by atoms with Gasteiger partial charge in [-0.1, -0.05) is 30.0 Å². The normalized spacial score (nSPS) is 13.0. The van der Waals surface area contributed by atoms with Gasteiger partial charge in [-0.2, -0.15) is 0 Å². The molecule has 0 saturated heterocycles. The van der Waals surface area contributed by atoms with Crippen molar-refractivity contribution in [3.63, 3.8) is 0 Å². The van der Waals surface area contributed by atoms with Gasteiger partial charge < -0.3 is 5.11 Å². The molecular formula is C15H9NO4S. The summed E-state index contributed by atoms with van der Waals surface area (Å²) in [4.78, 5) is 35.8. The van der Waals surface area contributed by atoms with Crippen LogP contribution < -0.4 is 5.32 Å². The van der Waals surface area contributed by atoms with Crippen molar-refractivity contribution in [2.75, 3.05) is 0 Å². The highest BCUT2D eigenvalue weighted by atomic mass is 32.2. The highest BCUT2D eigenvalue weighted by Gasteiger charge is 2.29. The summed E-state index contributed by atoms with van der Waals surface area (Å²) in [6.45, 7) is 0. The molecular weight excluding hydrogens is 290 g/mol.